The van der Waals surface area contributed by atoms with Crippen molar-refractivity contribution in [3.63, 3.8) is 0 Å². The van der Waals surface area contributed by atoms with E-state index < -0.39 is 11.6 Å². The van der Waals surface area contributed by atoms with Crippen LogP contribution in [0.3, 0.4) is 0 Å². The summed E-state index contributed by atoms with van der Waals surface area (Å²) in [7, 11) is 1.33. The van der Waals surface area contributed by atoms with Crippen LogP contribution in [0.2, 0.25) is 0 Å². The predicted molar refractivity (Wildman–Crippen MR) is 90.4 cm³/mol. The third-order valence-corrected chi connectivity index (χ3v) is 4.46. The van der Waals surface area contributed by atoms with Crippen molar-refractivity contribution in [2.24, 2.45) is 5.41 Å². The van der Waals surface area contributed by atoms with Crippen LogP contribution in [0.1, 0.15) is 37.7 Å². The molecule has 0 N–H and O–H groups in total. The molecular formula is C17H24N4O4. The van der Waals surface area contributed by atoms with Gasteiger partial charge in [0, 0.05) is 37.8 Å². The van der Waals surface area contributed by atoms with Gasteiger partial charge in [0.25, 0.3) is 0 Å². The largest absolute Gasteiger partial charge is 0.464 e. The first-order chi connectivity index (χ1) is 11.7. The van der Waals surface area contributed by atoms with Crippen molar-refractivity contribution in [2.45, 2.75) is 32.8 Å². The minimum absolute atomic E-state index is 0.0571. The standard InChI is InChI=1S/C17H24N4O4/c1-16(2,3)25-15(23)21-10-17(11-21)6-8-20(9-17)14-18-7-5-12(19-14)13(22)24-4/h5,7H,6,8-11H2,1-4H3. The fourth-order valence-corrected chi connectivity index (χ4v) is 3.30. The molecule has 1 aromatic heterocycles. The average Bonchev–Trinajstić information content (AvgIpc) is 2.97. The van der Waals surface area contributed by atoms with Crippen LogP contribution in [0.4, 0.5) is 10.7 Å². The molecule has 8 nitrogen and oxygen atoms in total. The molecule has 3 rings (SSSR count). The molecule has 3 heterocycles. The molecule has 2 aliphatic heterocycles. The highest BCUT2D eigenvalue weighted by Gasteiger charge is 2.50. The van der Waals surface area contributed by atoms with Gasteiger partial charge in [-0.2, -0.15) is 0 Å². The summed E-state index contributed by atoms with van der Waals surface area (Å²) >= 11 is 0. The van der Waals surface area contributed by atoms with Crippen molar-refractivity contribution in [1.29, 1.82) is 0 Å². The smallest absolute Gasteiger partial charge is 0.410 e. The number of carbonyl (C=O) groups is 2. The van der Waals surface area contributed by atoms with Crippen LogP contribution in [0.15, 0.2) is 12.3 Å². The Bertz CT molecular complexity index is 679. The topological polar surface area (TPSA) is 84.9 Å². The lowest BCUT2D eigenvalue weighted by atomic mass is 9.79. The molecule has 2 fully saturated rings. The quantitative estimate of drug-likeness (QED) is 0.752. The van der Waals surface area contributed by atoms with Gasteiger partial charge in [-0.1, -0.05) is 0 Å². The van der Waals surface area contributed by atoms with Crippen LogP contribution >= 0.6 is 0 Å². The molecule has 0 unspecified atom stereocenters. The summed E-state index contributed by atoms with van der Waals surface area (Å²) in [4.78, 5) is 36.1. The van der Waals surface area contributed by atoms with Gasteiger partial charge in [-0.05, 0) is 33.3 Å². The minimum atomic E-state index is -0.482. The van der Waals surface area contributed by atoms with Crippen molar-refractivity contribution < 1.29 is 19.1 Å². The van der Waals surface area contributed by atoms with E-state index in [0.29, 0.717) is 19.0 Å². The molecule has 0 bridgehead atoms. The Balaban J connectivity index is 1.60. The number of aromatic nitrogens is 2. The summed E-state index contributed by atoms with van der Waals surface area (Å²) in [6.45, 7) is 8.50. The highest BCUT2D eigenvalue weighted by atomic mass is 16.6. The fourth-order valence-electron chi connectivity index (χ4n) is 3.30. The molecule has 1 aromatic rings. The van der Waals surface area contributed by atoms with Crippen LogP contribution in [-0.4, -0.2) is 65.8 Å². The second-order valence-electron chi connectivity index (χ2n) is 7.74. The molecule has 25 heavy (non-hydrogen) atoms. The average molecular weight is 348 g/mol. The molecule has 1 spiro atoms. The molecule has 0 aliphatic carbocycles. The van der Waals surface area contributed by atoms with Crippen LogP contribution in [-0.2, 0) is 9.47 Å². The van der Waals surface area contributed by atoms with Crippen molar-refractivity contribution in [2.75, 3.05) is 38.2 Å². The predicted octanol–water partition coefficient (Wildman–Crippen LogP) is 1.71. The van der Waals surface area contributed by atoms with Crippen LogP contribution in [0.25, 0.3) is 0 Å². The number of anilines is 1. The number of esters is 1. The summed E-state index contributed by atoms with van der Waals surface area (Å²) in [5.74, 6) is 0.0489. The summed E-state index contributed by atoms with van der Waals surface area (Å²) in [6, 6.07) is 1.54. The molecule has 0 radical (unpaired) electrons. The van der Waals surface area contributed by atoms with Gasteiger partial charge in [0.2, 0.25) is 5.95 Å². The molecule has 0 saturated carbocycles. The van der Waals surface area contributed by atoms with E-state index >= 15 is 0 Å². The van der Waals surface area contributed by atoms with E-state index in [4.69, 9.17) is 9.47 Å². The van der Waals surface area contributed by atoms with E-state index in [0.717, 1.165) is 19.5 Å². The first-order valence-corrected chi connectivity index (χ1v) is 8.36. The molecule has 2 aliphatic rings. The maximum absolute atomic E-state index is 12.1. The molecule has 136 valence electrons. The van der Waals surface area contributed by atoms with Gasteiger partial charge in [0.15, 0.2) is 5.69 Å². The van der Waals surface area contributed by atoms with Crippen molar-refractivity contribution in [1.82, 2.24) is 14.9 Å². The Labute approximate surface area is 147 Å². The molecule has 2 saturated heterocycles. The molecule has 1 amide bonds. The Hall–Kier alpha value is -2.38. The third kappa shape index (κ3) is 3.67. The van der Waals surface area contributed by atoms with Crippen LogP contribution in [0.5, 0.6) is 0 Å². The van der Waals surface area contributed by atoms with Gasteiger partial charge >= 0.3 is 12.1 Å². The van der Waals surface area contributed by atoms with Gasteiger partial charge < -0.3 is 19.3 Å². The van der Waals surface area contributed by atoms with E-state index in [1.54, 1.807) is 11.1 Å². The summed E-state index contributed by atoms with van der Waals surface area (Å²) < 4.78 is 10.1. The van der Waals surface area contributed by atoms with Crippen LogP contribution in [0, 0.1) is 5.41 Å². The van der Waals surface area contributed by atoms with Crippen molar-refractivity contribution >= 4 is 18.0 Å². The van der Waals surface area contributed by atoms with Gasteiger partial charge in [-0.3, -0.25) is 0 Å². The number of rotatable bonds is 2. The summed E-state index contributed by atoms with van der Waals surface area (Å²) in [5, 5.41) is 0. The fraction of sp³-hybridized carbons (Fsp3) is 0.647. The Morgan fingerprint density at radius 2 is 1.96 bits per heavy atom. The van der Waals surface area contributed by atoms with Crippen molar-refractivity contribution in [3.8, 4) is 0 Å². The normalized spacial score (nSPS) is 18.9. The highest BCUT2D eigenvalue weighted by Crippen LogP contribution is 2.41. The van der Waals surface area contributed by atoms with Gasteiger partial charge in [0.05, 0.1) is 7.11 Å². The van der Waals surface area contributed by atoms with Crippen LogP contribution < -0.4 is 4.90 Å². The minimum Gasteiger partial charge on any atom is -0.464 e. The van der Waals surface area contributed by atoms with E-state index in [2.05, 4.69) is 14.9 Å². The highest BCUT2D eigenvalue weighted by molar-refractivity contribution is 5.87. The van der Waals surface area contributed by atoms with Gasteiger partial charge in [0.1, 0.15) is 5.60 Å². The zero-order chi connectivity index (χ0) is 18.2. The number of likely N-dealkylation sites (tertiary alicyclic amines) is 1. The number of hydrogen-bond acceptors (Lipinski definition) is 7. The van der Waals surface area contributed by atoms with E-state index in [1.165, 1.54) is 13.2 Å². The maximum Gasteiger partial charge on any atom is 0.410 e. The molecule has 8 heteroatoms. The molecular weight excluding hydrogens is 324 g/mol. The number of methoxy groups -OCH3 is 1. The van der Waals surface area contributed by atoms with E-state index in [-0.39, 0.29) is 17.2 Å². The van der Waals surface area contributed by atoms with Gasteiger partial charge in [-0.15, -0.1) is 0 Å². The van der Waals surface area contributed by atoms with Crippen molar-refractivity contribution in [3.05, 3.63) is 18.0 Å². The lowest BCUT2D eigenvalue weighted by Crippen LogP contribution is -2.60. The first kappa shape index (κ1) is 17.4. The number of carbonyl (C=O) groups excluding carboxylic acids is 2. The maximum atomic E-state index is 12.1. The Morgan fingerprint density at radius 3 is 2.60 bits per heavy atom. The SMILES string of the molecule is COC(=O)c1ccnc(N2CCC3(CN(C(=O)OC(C)(C)C)C3)C2)n1. The number of nitrogens with zero attached hydrogens (tertiary/aromatic N) is 4. The second-order valence-corrected chi connectivity index (χ2v) is 7.74. The van der Waals surface area contributed by atoms with E-state index in [1.807, 2.05) is 20.8 Å². The molecule has 0 atom stereocenters. The number of ether oxygens (including phenoxy) is 2. The lowest BCUT2D eigenvalue weighted by molar-refractivity contribution is -0.0266. The monoisotopic (exact) mass is 348 g/mol. The Kier molecular flexibility index (Phi) is 4.30. The summed E-state index contributed by atoms with van der Waals surface area (Å²) in [5.41, 5.74) is -0.178. The zero-order valence-electron chi connectivity index (χ0n) is 15.1. The first-order valence-electron chi connectivity index (χ1n) is 8.36. The third-order valence-electron chi connectivity index (χ3n) is 4.46. The lowest BCUT2D eigenvalue weighted by Gasteiger charge is -2.47. The summed E-state index contributed by atoms with van der Waals surface area (Å²) in [6.07, 6.45) is 2.26. The van der Waals surface area contributed by atoms with Gasteiger partial charge in [-0.25, -0.2) is 19.6 Å². The van der Waals surface area contributed by atoms with E-state index in [9.17, 15) is 9.59 Å². The second kappa shape index (κ2) is 6.16. The number of amides is 1. The number of hydrogen-bond donors (Lipinski definition) is 0. The Morgan fingerprint density at radius 1 is 1.24 bits per heavy atom. The molecule has 0 aromatic carbocycles. The zero-order valence-corrected chi connectivity index (χ0v) is 15.1.